The standard InChI is InChI=1S/C22H32F6O4.C16H20F6O2/c1-5-15(2)16-12-17(19(3,21(23,24)25)31-10-6-8-29)14-18(13-16)20(4,22(26,27)28)32-11-7-9-30;1-5-9(2)10-6-11(13(3,23)15(17,18)19)8-12(7-10)14(4,24)16(20,21)22/h12-15,29-30H,5-11H2,1-4H3;6-9,23-24H,5H2,1-4H3. The first-order valence-electron chi connectivity index (χ1n) is 17.8. The lowest BCUT2D eigenvalue weighted by molar-refractivity contribution is -0.280. The van der Waals surface area contributed by atoms with Crippen molar-refractivity contribution in [1.29, 1.82) is 0 Å². The molecule has 0 saturated heterocycles. The maximum Gasteiger partial charge on any atom is 0.421 e. The minimum atomic E-state index is -5.08. The Hall–Kier alpha value is -2.64. The Labute approximate surface area is 318 Å². The fraction of sp³-hybridized carbons (Fsp3) is 0.684. The molecule has 0 amide bonds. The monoisotopic (exact) mass is 832 g/mol. The predicted octanol–water partition coefficient (Wildman–Crippen LogP) is 10.3. The molecule has 2 aromatic carbocycles. The lowest BCUT2D eigenvalue weighted by Gasteiger charge is -2.37. The molecule has 0 bridgehead atoms. The number of aliphatic hydroxyl groups is 4. The zero-order valence-electron chi connectivity index (χ0n) is 32.4. The Balaban J connectivity index is 0.000000583. The summed E-state index contributed by atoms with van der Waals surface area (Å²) < 4.78 is 173. The van der Waals surface area contributed by atoms with Gasteiger partial charge in [-0.1, -0.05) is 52.0 Å². The fourth-order valence-corrected chi connectivity index (χ4v) is 5.12. The van der Waals surface area contributed by atoms with Gasteiger partial charge in [-0.25, -0.2) is 0 Å². The van der Waals surface area contributed by atoms with Crippen molar-refractivity contribution >= 4 is 0 Å². The molecule has 4 N–H and O–H groups in total. The van der Waals surface area contributed by atoms with Crippen LogP contribution in [0.15, 0.2) is 36.4 Å². The van der Waals surface area contributed by atoms with E-state index in [1.54, 1.807) is 27.7 Å². The van der Waals surface area contributed by atoms with Crippen molar-refractivity contribution in [3.8, 4) is 0 Å². The summed E-state index contributed by atoms with van der Waals surface area (Å²) in [5, 5.41) is 37.4. The third-order valence-corrected chi connectivity index (χ3v) is 10.1. The first kappa shape index (κ1) is 51.4. The summed E-state index contributed by atoms with van der Waals surface area (Å²) in [7, 11) is 0. The van der Waals surface area contributed by atoms with Gasteiger partial charge < -0.3 is 29.9 Å². The third kappa shape index (κ3) is 11.7. The van der Waals surface area contributed by atoms with Gasteiger partial charge >= 0.3 is 24.7 Å². The zero-order valence-corrected chi connectivity index (χ0v) is 32.4. The highest BCUT2D eigenvalue weighted by atomic mass is 19.4. The maximum atomic E-state index is 14.1. The second-order valence-corrected chi connectivity index (χ2v) is 14.4. The second kappa shape index (κ2) is 19.0. The Bertz CT molecular complexity index is 1440. The average molecular weight is 833 g/mol. The van der Waals surface area contributed by atoms with Crippen LogP contribution in [0, 0.1) is 0 Å². The summed E-state index contributed by atoms with van der Waals surface area (Å²) in [4.78, 5) is 0. The van der Waals surface area contributed by atoms with Gasteiger partial charge in [-0.3, -0.25) is 0 Å². The van der Waals surface area contributed by atoms with Gasteiger partial charge in [-0.05, 0) is 111 Å². The van der Waals surface area contributed by atoms with E-state index in [1.165, 1.54) is 12.1 Å². The van der Waals surface area contributed by atoms with E-state index in [9.17, 15) is 62.9 Å². The molecule has 0 radical (unpaired) electrons. The van der Waals surface area contributed by atoms with E-state index < -0.39 is 95.8 Å². The number of ether oxygens (including phenoxy) is 2. The van der Waals surface area contributed by atoms with E-state index in [2.05, 4.69) is 0 Å². The lowest BCUT2D eigenvalue weighted by Crippen LogP contribution is -2.45. The van der Waals surface area contributed by atoms with E-state index in [1.807, 2.05) is 0 Å². The molecule has 2 aromatic rings. The summed E-state index contributed by atoms with van der Waals surface area (Å²) >= 11 is 0. The molecular weight excluding hydrogens is 780 g/mol. The third-order valence-electron chi connectivity index (χ3n) is 10.1. The summed E-state index contributed by atoms with van der Waals surface area (Å²) in [5.41, 5.74) is -14.4. The molecule has 2 rings (SSSR count). The van der Waals surface area contributed by atoms with Crippen LogP contribution in [0.3, 0.4) is 0 Å². The van der Waals surface area contributed by atoms with Crippen molar-refractivity contribution < 1.29 is 82.6 Å². The molecule has 0 fully saturated rings. The molecule has 0 aliphatic heterocycles. The van der Waals surface area contributed by atoms with Crippen molar-refractivity contribution in [2.45, 2.75) is 140 Å². The molecule has 0 aromatic heterocycles. The molecule has 56 heavy (non-hydrogen) atoms. The van der Waals surface area contributed by atoms with Crippen LogP contribution in [-0.4, -0.2) is 71.6 Å². The average Bonchev–Trinajstić information content (AvgIpc) is 3.08. The number of hydrogen-bond donors (Lipinski definition) is 4. The van der Waals surface area contributed by atoms with Crippen LogP contribution in [-0.2, 0) is 31.9 Å². The summed E-state index contributed by atoms with van der Waals surface area (Å²) in [6.07, 6.45) is -19.2. The minimum absolute atomic E-state index is 0.0614. The van der Waals surface area contributed by atoms with E-state index in [0.717, 1.165) is 32.0 Å². The van der Waals surface area contributed by atoms with Crippen molar-refractivity contribution in [2.24, 2.45) is 0 Å². The fourth-order valence-electron chi connectivity index (χ4n) is 5.12. The molecule has 324 valence electrons. The zero-order chi connectivity index (χ0) is 43.9. The highest BCUT2D eigenvalue weighted by molar-refractivity contribution is 5.40. The largest absolute Gasteiger partial charge is 0.421 e. The number of alkyl halides is 12. The van der Waals surface area contributed by atoms with Crippen LogP contribution in [0.5, 0.6) is 0 Å². The van der Waals surface area contributed by atoms with Crippen LogP contribution in [0.1, 0.15) is 126 Å². The Morgan fingerprint density at radius 2 is 0.750 bits per heavy atom. The van der Waals surface area contributed by atoms with E-state index in [-0.39, 0.29) is 30.2 Å². The molecule has 6 unspecified atom stereocenters. The Morgan fingerprint density at radius 1 is 0.482 bits per heavy atom. The van der Waals surface area contributed by atoms with Gasteiger partial charge in [0.2, 0.25) is 0 Å². The van der Waals surface area contributed by atoms with Crippen LogP contribution in [0.4, 0.5) is 52.7 Å². The van der Waals surface area contributed by atoms with Crippen LogP contribution in [0.25, 0.3) is 0 Å². The second-order valence-electron chi connectivity index (χ2n) is 14.4. The van der Waals surface area contributed by atoms with Gasteiger partial charge in [0.05, 0.1) is 13.2 Å². The van der Waals surface area contributed by atoms with E-state index >= 15 is 0 Å². The normalized spacial score (nSPS) is 18.4. The van der Waals surface area contributed by atoms with E-state index in [0.29, 0.717) is 38.3 Å². The van der Waals surface area contributed by atoms with Crippen molar-refractivity contribution in [3.63, 3.8) is 0 Å². The summed E-state index contributed by atoms with van der Waals surface area (Å²) in [6.45, 7) is 7.66. The van der Waals surface area contributed by atoms with Crippen LogP contribution >= 0.6 is 0 Å². The van der Waals surface area contributed by atoms with Gasteiger partial charge in [-0.15, -0.1) is 0 Å². The Morgan fingerprint density at radius 3 is 0.982 bits per heavy atom. The summed E-state index contributed by atoms with van der Waals surface area (Å²) in [5.74, 6) is -0.671. The van der Waals surface area contributed by atoms with Gasteiger partial charge in [0.15, 0.2) is 22.4 Å². The first-order chi connectivity index (χ1) is 25.2. The number of halogens is 12. The molecule has 6 atom stereocenters. The molecular formula is C38H52F12O6. The first-order valence-corrected chi connectivity index (χ1v) is 17.8. The smallest absolute Gasteiger partial charge is 0.396 e. The van der Waals surface area contributed by atoms with Crippen LogP contribution < -0.4 is 0 Å². The predicted molar refractivity (Wildman–Crippen MR) is 184 cm³/mol. The molecule has 0 aliphatic carbocycles. The molecule has 0 aliphatic rings. The molecule has 0 spiro atoms. The quantitative estimate of drug-likeness (QED) is 0.0993. The Kier molecular flexibility index (Phi) is 17.4. The topological polar surface area (TPSA) is 99.4 Å². The highest BCUT2D eigenvalue weighted by Gasteiger charge is 2.57. The van der Waals surface area contributed by atoms with Crippen LogP contribution in [0.2, 0.25) is 0 Å². The molecule has 6 nitrogen and oxygen atoms in total. The number of rotatable bonds is 16. The minimum Gasteiger partial charge on any atom is -0.396 e. The summed E-state index contributed by atoms with van der Waals surface area (Å²) in [6, 6.07) is 5.86. The van der Waals surface area contributed by atoms with Crippen molar-refractivity contribution in [3.05, 3.63) is 69.8 Å². The number of benzene rings is 2. The van der Waals surface area contributed by atoms with Gasteiger partial charge in [0.1, 0.15) is 0 Å². The SMILES string of the molecule is CCC(C)c1cc(C(C)(O)C(F)(F)F)cc(C(C)(O)C(F)(F)F)c1.CCC(C)c1cc(C(C)(OCCCO)C(F)(F)F)cc(C(C)(OCCCO)C(F)(F)F)c1. The highest BCUT2D eigenvalue weighted by Crippen LogP contribution is 2.48. The number of aliphatic hydroxyl groups excluding tert-OH is 2. The molecule has 0 saturated carbocycles. The lowest BCUT2D eigenvalue weighted by atomic mass is 9.83. The van der Waals surface area contributed by atoms with Crippen molar-refractivity contribution in [1.82, 2.24) is 0 Å². The van der Waals surface area contributed by atoms with Gasteiger partial charge in [-0.2, -0.15) is 52.7 Å². The van der Waals surface area contributed by atoms with Gasteiger partial charge in [0.25, 0.3) is 0 Å². The van der Waals surface area contributed by atoms with Gasteiger partial charge in [0, 0.05) is 13.2 Å². The number of hydrogen-bond acceptors (Lipinski definition) is 6. The van der Waals surface area contributed by atoms with E-state index in [4.69, 9.17) is 19.7 Å². The molecule has 18 heteroatoms. The molecule has 0 heterocycles. The maximum absolute atomic E-state index is 14.1. The van der Waals surface area contributed by atoms with Crippen molar-refractivity contribution in [2.75, 3.05) is 26.4 Å².